The van der Waals surface area contributed by atoms with E-state index < -0.39 is 0 Å². The summed E-state index contributed by atoms with van der Waals surface area (Å²) in [7, 11) is 0. The molecule has 1 atom stereocenters. The first-order valence-corrected chi connectivity index (χ1v) is 3.85. The van der Waals surface area contributed by atoms with Gasteiger partial charge in [-0.25, -0.2) is 4.68 Å². The molecule has 2 rings (SSSR count). The molecule has 0 saturated heterocycles. The summed E-state index contributed by atoms with van der Waals surface area (Å²) >= 11 is 0. The van der Waals surface area contributed by atoms with Gasteiger partial charge in [0.05, 0.1) is 11.9 Å². The average Bonchev–Trinajstić information content (AvgIpc) is 2.33. The minimum Gasteiger partial charge on any atom is -0.394 e. The molecule has 4 heteroatoms. The van der Waals surface area contributed by atoms with Crippen LogP contribution in [0, 0.1) is 0 Å². The molecule has 0 spiro atoms. The first-order valence-electron chi connectivity index (χ1n) is 3.85. The van der Waals surface area contributed by atoms with Gasteiger partial charge in [0.1, 0.15) is 5.82 Å². The Morgan fingerprint density at radius 1 is 1.82 bits per heavy atom. The van der Waals surface area contributed by atoms with Crippen LogP contribution >= 0.6 is 0 Å². The molecule has 0 aliphatic carbocycles. The van der Waals surface area contributed by atoms with Crippen LogP contribution in [-0.2, 0) is 6.54 Å². The van der Waals surface area contributed by atoms with Crippen molar-refractivity contribution in [2.75, 3.05) is 11.1 Å². The van der Waals surface area contributed by atoms with E-state index in [-0.39, 0.29) is 0 Å². The highest BCUT2D eigenvalue weighted by Gasteiger charge is 2.16. The largest absolute Gasteiger partial charge is 0.394 e. The van der Waals surface area contributed by atoms with E-state index in [0.717, 1.165) is 24.5 Å². The first-order chi connectivity index (χ1) is 5.27. The van der Waals surface area contributed by atoms with Crippen molar-refractivity contribution in [1.82, 2.24) is 9.78 Å². The zero-order chi connectivity index (χ0) is 7.84. The second-order valence-corrected chi connectivity index (χ2v) is 3.01. The predicted octanol–water partition coefficient (Wildman–Crippen LogP) is 0.669. The highest BCUT2D eigenvalue weighted by atomic mass is 15.3. The van der Waals surface area contributed by atoms with Gasteiger partial charge in [-0.1, -0.05) is 0 Å². The topological polar surface area (TPSA) is 55.9 Å². The summed E-state index contributed by atoms with van der Waals surface area (Å²) in [6, 6.07) is 0.515. The fourth-order valence-electron chi connectivity index (χ4n) is 1.35. The van der Waals surface area contributed by atoms with Gasteiger partial charge in [-0.15, -0.1) is 0 Å². The van der Waals surface area contributed by atoms with E-state index in [1.54, 1.807) is 6.20 Å². The molecule has 60 valence electrons. The van der Waals surface area contributed by atoms with Crippen LogP contribution in [0.25, 0.3) is 0 Å². The molecule has 0 radical (unpaired) electrons. The van der Waals surface area contributed by atoms with Crippen molar-refractivity contribution < 1.29 is 0 Å². The van der Waals surface area contributed by atoms with Crippen molar-refractivity contribution in [2.24, 2.45) is 0 Å². The fourth-order valence-corrected chi connectivity index (χ4v) is 1.35. The molecule has 1 unspecified atom stereocenters. The number of aryl methyl sites for hydroxylation is 1. The number of nitrogen functional groups attached to an aromatic ring is 1. The molecule has 1 aromatic rings. The molecule has 2 heterocycles. The van der Waals surface area contributed by atoms with E-state index in [0.29, 0.717) is 6.04 Å². The number of fused-ring (bicyclic) bond motifs is 1. The molecule has 1 aromatic heterocycles. The minimum absolute atomic E-state index is 0.515. The van der Waals surface area contributed by atoms with Gasteiger partial charge < -0.3 is 11.1 Å². The predicted molar refractivity (Wildman–Crippen MR) is 44.3 cm³/mol. The fraction of sp³-hybridized carbons (Fsp3) is 0.571. The molecule has 1 aliphatic heterocycles. The van der Waals surface area contributed by atoms with E-state index >= 15 is 0 Å². The van der Waals surface area contributed by atoms with E-state index in [2.05, 4.69) is 17.3 Å². The van der Waals surface area contributed by atoms with Gasteiger partial charge in [0.25, 0.3) is 0 Å². The number of nitrogens with one attached hydrogen (secondary N) is 1. The Morgan fingerprint density at radius 2 is 2.64 bits per heavy atom. The molecule has 4 nitrogen and oxygen atoms in total. The number of aromatic nitrogens is 2. The molecule has 1 aliphatic rings. The maximum Gasteiger partial charge on any atom is 0.147 e. The van der Waals surface area contributed by atoms with Crippen LogP contribution in [0.2, 0.25) is 0 Å². The second-order valence-electron chi connectivity index (χ2n) is 3.01. The molecule has 0 aromatic carbocycles. The van der Waals surface area contributed by atoms with Crippen molar-refractivity contribution in [2.45, 2.75) is 25.9 Å². The summed E-state index contributed by atoms with van der Waals surface area (Å²) in [5.41, 5.74) is 6.42. The van der Waals surface area contributed by atoms with Crippen molar-refractivity contribution in [3.8, 4) is 0 Å². The normalized spacial score (nSPS) is 22.5. The third kappa shape index (κ3) is 0.943. The molecule has 3 N–H and O–H groups in total. The summed E-state index contributed by atoms with van der Waals surface area (Å²) in [6.45, 7) is 3.12. The van der Waals surface area contributed by atoms with E-state index in [4.69, 9.17) is 5.73 Å². The molecule has 0 fully saturated rings. The second kappa shape index (κ2) is 2.15. The minimum atomic E-state index is 0.515. The third-order valence-electron chi connectivity index (χ3n) is 2.02. The van der Waals surface area contributed by atoms with Crippen LogP contribution in [0.1, 0.15) is 13.3 Å². The molecule has 0 bridgehead atoms. The van der Waals surface area contributed by atoms with Crippen molar-refractivity contribution in [3.63, 3.8) is 0 Å². The first kappa shape index (κ1) is 6.52. The molecule has 0 amide bonds. The maximum absolute atomic E-state index is 5.68. The Hall–Kier alpha value is -1.19. The zero-order valence-electron chi connectivity index (χ0n) is 6.54. The summed E-state index contributed by atoms with van der Waals surface area (Å²) in [4.78, 5) is 0. The number of nitrogens with zero attached hydrogens (tertiary/aromatic N) is 2. The number of hydrogen-bond acceptors (Lipinski definition) is 3. The third-order valence-corrected chi connectivity index (χ3v) is 2.02. The lowest BCUT2D eigenvalue weighted by Gasteiger charge is -2.22. The van der Waals surface area contributed by atoms with Crippen LogP contribution < -0.4 is 11.1 Å². The van der Waals surface area contributed by atoms with Crippen molar-refractivity contribution in [1.29, 1.82) is 0 Å². The summed E-state index contributed by atoms with van der Waals surface area (Å²) < 4.78 is 1.91. The molecule has 11 heavy (non-hydrogen) atoms. The van der Waals surface area contributed by atoms with Crippen LogP contribution in [-0.4, -0.2) is 15.8 Å². The van der Waals surface area contributed by atoms with Crippen molar-refractivity contribution >= 4 is 11.5 Å². The van der Waals surface area contributed by atoms with E-state index in [1.807, 2.05) is 4.68 Å². The van der Waals surface area contributed by atoms with Gasteiger partial charge >= 0.3 is 0 Å². The van der Waals surface area contributed by atoms with Crippen LogP contribution in [0.15, 0.2) is 6.20 Å². The molecular weight excluding hydrogens is 140 g/mol. The van der Waals surface area contributed by atoms with Gasteiger partial charge in [-0.3, -0.25) is 0 Å². The maximum atomic E-state index is 5.68. The van der Waals surface area contributed by atoms with Gasteiger partial charge in [-0.05, 0) is 13.3 Å². The highest BCUT2D eigenvalue weighted by Crippen LogP contribution is 2.23. The van der Waals surface area contributed by atoms with Crippen molar-refractivity contribution in [3.05, 3.63) is 6.20 Å². The number of hydrogen-bond donors (Lipinski definition) is 2. The van der Waals surface area contributed by atoms with Gasteiger partial charge in [0, 0.05) is 12.6 Å². The summed E-state index contributed by atoms with van der Waals surface area (Å²) in [5, 5.41) is 7.40. The van der Waals surface area contributed by atoms with Crippen LogP contribution in [0.5, 0.6) is 0 Å². The lowest BCUT2D eigenvalue weighted by atomic mass is 10.2. The van der Waals surface area contributed by atoms with E-state index in [9.17, 15) is 0 Å². The monoisotopic (exact) mass is 152 g/mol. The number of rotatable bonds is 0. The average molecular weight is 152 g/mol. The molecule has 0 saturated carbocycles. The Balaban J connectivity index is 2.37. The van der Waals surface area contributed by atoms with Crippen LogP contribution in [0.3, 0.4) is 0 Å². The summed E-state index contributed by atoms with van der Waals surface area (Å²) in [6.07, 6.45) is 2.81. The SMILES string of the molecule is CC1CCn2ncc(N)c2N1. The molecular formula is C7H12N4. The lowest BCUT2D eigenvalue weighted by Crippen LogP contribution is -2.26. The standard InChI is InChI=1S/C7H12N4/c1-5-2-3-11-7(10-5)6(8)4-9-11/h4-5,10H,2-3,8H2,1H3. The Bertz CT molecular complexity index is 265. The Labute approximate surface area is 65.4 Å². The Kier molecular flexibility index (Phi) is 1.27. The Morgan fingerprint density at radius 3 is 3.45 bits per heavy atom. The quantitative estimate of drug-likeness (QED) is 0.574. The summed E-state index contributed by atoms with van der Waals surface area (Å²) in [5.74, 6) is 0.976. The lowest BCUT2D eigenvalue weighted by molar-refractivity contribution is 0.512. The highest BCUT2D eigenvalue weighted by molar-refractivity contribution is 5.61. The van der Waals surface area contributed by atoms with E-state index in [1.165, 1.54) is 0 Å². The number of anilines is 2. The van der Waals surface area contributed by atoms with Crippen LogP contribution in [0.4, 0.5) is 11.5 Å². The smallest absolute Gasteiger partial charge is 0.147 e. The zero-order valence-corrected chi connectivity index (χ0v) is 6.54. The van der Waals surface area contributed by atoms with Gasteiger partial charge in [-0.2, -0.15) is 5.10 Å². The van der Waals surface area contributed by atoms with Gasteiger partial charge in [0.15, 0.2) is 0 Å². The van der Waals surface area contributed by atoms with Gasteiger partial charge in [0.2, 0.25) is 0 Å². The number of nitrogens with two attached hydrogens (primary N) is 1.